The van der Waals surface area contributed by atoms with Gasteiger partial charge in [-0.25, -0.2) is 14.2 Å². The van der Waals surface area contributed by atoms with Crippen LogP contribution < -0.4 is 0 Å². The number of halogens is 2. The van der Waals surface area contributed by atoms with Gasteiger partial charge < -0.3 is 9.15 Å². The largest absolute Gasteiger partial charge is 0.456 e. The second kappa shape index (κ2) is 6.62. The lowest BCUT2D eigenvalue weighted by Gasteiger charge is -2.02. The number of ether oxygens (including phenoxy) is 1. The molecule has 3 rings (SSSR count). The quantitative estimate of drug-likeness (QED) is 0.661. The molecule has 0 aliphatic carbocycles. The summed E-state index contributed by atoms with van der Waals surface area (Å²) in [5.74, 6) is -1.08. The molecule has 3 aromatic rings. The highest BCUT2D eigenvalue weighted by atomic mass is 35.5. The number of benzene rings is 2. The van der Waals surface area contributed by atoms with E-state index in [-0.39, 0.29) is 23.2 Å². The van der Waals surface area contributed by atoms with Gasteiger partial charge in [-0.15, -0.1) is 0 Å². The fourth-order valence-corrected chi connectivity index (χ4v) is 2.04. The monoisotopic (exact) mass is 331 g/mol. The third-order valence-corrected chi connectivity index (χ3v) is 3.40. The maximum atomic E-state index is 13.4. The first-order chi connectivity index (χ1) is 11.1. The Kier molecular flexibility index (Phi) is 4.39. The second-order valence-electron chi connectivity index (χ2n) is 4.73. The number of hydrogen-bond donors (Lipinski definition) is 0. The van der Waals surface area contributed by atoms with Gasteiger partial charge in [0, 0.05) is 5.56 Å². The van der Waals surface area contributed by atoms with Gasteiger partial charge >= 0.3 is 5.97 Å². The minimum absolute atomic E-state index is 0.00259. The lowest BCUT2D eigenvalue weighted by Crippen LogP contribution is -2.05. The van der Waals surface area contributed by atoms with Crippen LogP contribution in [0, 0.1) is 5.82 Å². The topological polar surface area (TPSA) is 52.3 Å². The smallest absolute Gasteiger partial charge is 0.360 e. The molecular weight excluding hydrogens is 321 g/mol. The molecule has 0 aliphatic rings. The first kappa shape index (κ1) is 15.2. The van der Waals surface area contributed by atoms with E-state index in [2.05, 4.69) is 4.98 Å². The van der Waals surface area contributed by atoms with Gasteiger partial charge in [-0.2, -0.15) is 0 Å². The highest BCUT2D eigenvalue weighted by Gasteiger charge is 2.15. The molecule has 6 heteroatoms. The Morgan fingerprint density at radius 1 is 1.22 bits per heavy atom. The van der Waals surface area contributed by atoms with Crippen LogP contribution in [0.15, 0.2) is 59.2 Å². The van der Waals surface area contributed by atoms with Crippen LogP contribution in [-0.4, -0.2) is 11.0 Å². The van der Waals surface area contributed by atoms with Crippen molar-refractivity contribution in [2.75, 3.05) is 0 Å². The molecule has 0 spiro atoms. The molecule has 0 bridgehead atoms. The summed E-state index contributed by atoms with van der Waals surface area (Å²) in [4.78, 5) is 16.0. The summed E-state index contributed by atoms with van der Waals surface area (Å²) in [5.41, 5.74) is 1.27. The predicted octanol–water partition coefficient (Wildman–Crippen LogP) is 4.49. The highest BCUT2D eigenvalue weighted by molar-refractivity contribution is 6.30. The molecule has 0 N–H and O–H groups in total. The van der Waals surface area contributed by atoms with Gasteiger partial charge in [0.2, 0.25) is 5.89 Å². The number of carbonyl (C=O) groups is 1. The van der Waals surface area contributed by atoms with E-state index in [1.807, 2.05) is 30.3 Å². The number of hydrogen-bond acceptors (Lipinski definition) is 4. The number of aromatic nitrogens is 1. The summed E-state index contributed by atoms with van der Waals surface area (Å²) < 4.78 is 23.8. The van der Waals surface area contributed by atoms with Crippen LogP contribution in [0.25, 0.3) is 11.5 Å². The standard InChI is InChI=1S/C17H11ClFNO3/c18-13-7-6-12(8-14(13)19)16-20-15(10-22-16)17(21)23-9-11-4-2-1-3-5-11/h1-8,10H,9H2. The summed E-state index contributed by atoms with van der Waals surface area (Å²) >= 11 is 5.62. The fraction of sp³-hybridized carbons (Fsp3) is 0.0588. The Morgan fingerprint density at radius 3 is 2.74 bits per heavy atom. The average Bonchev–Trinajstić information content (AvgIpc) is 3.06. The average molecular weight is 332 g/mol. The van der Waals surface area contributed by atoms with Gasteiger partial charge in [0.05, 0.1) is 5.02 Å². The van der Waals surface area contributed by atoms with Crippen molar-refractivity contribution >= 4 is 17.6 Å². The molecule has 0 aliphatic heterocycles. The minimum Gasteiger partial charge on any atom is -0.456 e. The molecule has 1 heterocycles. The molecule has 116 valence electrons. The van der Waals surface area contributed by atoms with Crippen LogP contribution in [0.2, 0.25) is 5.02 Å². The van der Waals surface area contributed by atoms with E-state index in [1.54, 1.807) is 6.07 Å². The Balaban J connectivity index is 1.71. The van der Waals surface area contributed by atoms with E-state index in [4.69, 9.17) is 20.8 Å². The van der Waals surface area contributed by atoms with Crippen LogP contribution >= 0.6 is 11.6 Å². The number of nitrogens with zero attached hydrogens (tertiary/aromatic N) is 1. The number of oxazole rings is 1. The van der Waals surface area contributed by atoms with E-state index in [1.165, 1.54) is 18.4 Å². The van der Waals surface area contributed by atoms with Gasteiger partial charge in [-0.1, -0.05) is 41.9 Å². The summed E-state index contributed by atoms with van der Waals surface area (Å²) in [6, 6.07) is 13.4. The van der Waals surface area contributed by atoms with Crippen molar-refractivity contribution in [3.8, 4) is 11.5 Å². The van der Waals surface area contributed by atoms with E-state index in [0.717, 1.165) is 5.56 Å². The zero-order valence-corrected chi connectivity index (χ0v) is 12.6. The third-order valence-electron chi connectivity index (χ3n) is 3.09. The zero-order chi connectivity index (χ0) is 16.2. The Morgan fingerprint density at radius 2 is 2.00 bits per heavy atom. The first-order valence-corrected chi connectivity index (χ1v) is 7.13. The van der Waals surface area contributed by atoms with Gasteiger partial charge in [0.1, 0.15) is 18.7 Å². The lowest BCUT2D eigenvalue weighted by molar-refractivity contribution is 0.0465. The van der Waals surface area contributed by atoms with Crippen LogP contribution in [0.1, 0.15) is 16.1 Å². The summed E-state index contributed by atoms with van der Waals surface area (Å²) in [6.07, 6.45) is 1.18. The molecule has 23 heavy (non-hydrogen) atoms. The molecule has 1 aromatic heterocycles. The van der Waals surface area contributed by atoms with Crippen LogP contribution in [0.5, 0.6) is 0 Å². The van der Waals surface area contributed by atoms with Crippen LogP contribution in [0.4, 0.5) is 4.39 Å². The second-order valence-corrected chi connectivity index (χ2v) is 5.14. The molecule has 2 aromatic carbocycles. The maximum absolute atomic E-state index is 13.4. The highest BCUT2D eigenvalue weighted by Crippen LogP contribution is 2.24. The number of rotatable bonds is 4. The summed E-state index contributed by atoms with van der Waals surface area (Å²) in [6.45, 7) is 0.136. The Hall–Kier alpha value is -2.66. The molecule has 0 atom stereocenters. The van der Waals surface area contributed by atoms with Crippen molar-refractivity contribution in [1.29, 1.82) is 0 Å². The van der Waals surface area contributed by atoms with Crippen molar-refractivity contribution in [2.45, 2.75) is 6.61 Å². The molecule has 0 amide bonds. The van der Waals surface area contributed by atoms with Crippen molar-refractivity contribution < 1.29 is 18.3 Å². The summed E-state index contributed by atoms with van der Waals surface area (Å²) in [7, 11) is 0. The van der Waals surface area contributed by atoms with Gasteiger partial charge in [0.15, 0.2) is 5.69 Å². The molecule has 0 saturated carbocycles. The number of carbonyl (C=O) groups excluding carboxylic acids is 1. The normalized spacial score (nSPS) is 10.5. The minimum atomic E-state index is -0.613. The molecular formula is C17H11ClFNO3. The SMILES string of the molecule is O=C(OCc1ccccc1)c1coc(-c2ccc(Cl)c(F)c2)n1. The zero-order valence-electron chi connectivity index (χ0n) is 11.8. The molecule has 0 radical (unpaired) electrons. The first-order valence-electron chi connectivity index (χ1n) is 6.75. The van der Waals surface area contributed by atoms with Gasteiger partial charge in [-0.3, -0.25) is 0 Å². The molecule has 0 saturated heterocycles. The molecule has 0 fully saturated rings. The Bertz CT molecular complexity index is 833. The van der Waals surface area contributed by atoms with Gasteiger partial charge in [-0.05, 0) is 23.8 Å². The van der Waals surface area contributed by atoms with Gasteiger partial charge in [0.25, 0.3) is 0 Å². The Labute approximate surface area is 136 Å². The van der Waals surface area contributed by atoms with E-state index >= 15 is 0 Å². The van der Waals surface area contributed by atoms with E-state index < -0.39 is 11.8 Å². The molecule has 0 unspecified atom stereocenters. The van der Waals surface area contributed by atoms with Crippen LogP contribution in [0.3, 0.4) is 0 Å². The van der Waals surface area contributed by atoms with Crippen molar-refractivity contribution in [3.63, 3.8) is 0 Å². The van der Waals surface area contributed by atoms with Crippen molar-refractivity contribution in [2.24, 2.45) is 0 Å². The van der Waals surface area contributed by atoms with Crippen LogP contribution in [-0.2, 0) is 11.3 Å². The van der Waals surface area contributed by atoms with E-state index in [9.17, 15) is 9.18 Å². The van der Waals surface area contributed by atoms with E-state index in [0.29, 0.717) is 5.56 Å². The summed E-state index contributed by atoms with van der Waals surface area (Å²) in [5, 5.41) is 0.00259. The molecule has 4 nitrogen and oxygen atoms in total. The predicted molar refractivity (Wildman–Crippen MR) is 82.5 cm³/mol. The van der Waals surface area contributed by atoms with Crippen molar-refractivity contribution in [3.05, 3.63) is 76.9 Å². The number of esters is 1. The van der Waals surface area contributed by atoms with Crippen molar-refractivity contribution in [1.82, 2.24) is 4.98 Å². The lowest BCUT2D eigenvalue weighted by atomic mass is 10.2. The third kappa shape index (κ3) is 3.57. The fourth-order valence-electron chi connectivity index (χ4n) is 1.93. The maximum Gasteiger partial charge on any atom is 0.360 e.